The Morgan fingerprint density at radius 1 is 1.03 bits per heavy atom. The summed E-state index contributed by atoms with van der Waals surface area (Å²) in [6, 6.07) is 14.2. The Hall–Kier alpha value is -3.45. The Labute approximate surface area is 231 Å². The van der Waals surface area contributed by atoms with Crippen LogP contribution in [0.2, 0.25) is 0 Å². The highest BCUT2D eigenvalue weighted by Gasteiger charge is 2.20. The molecule has 1 aromatic carbocycles. The van der Waals surface area contributed by atoms with Crippen LogP contribution in [0.15, 0.2) is 48.7 Å². The maximum absolute atomic E-state index is 9.91. The number of tetrazole rings is 1. The molecule has 4 heterocycles. The van der Waals surface area contributed by atoms with E-state index in [1.807, 2.05) is 30.3 Å². The molecule has 0 atom stereocenters. The summed E-state index contributed by atoms with van der Waals surface area (Å²) in [5.74, 6) is 2.10. The monoisotopic (exact) mass is 547 g/mol. The first-order valence-electron chi connectivity index (χ1n) is 13.5. The molecule has 12 heteroatoms. The standard InChI is InChI=1S/C27H33N9O2S/c37-22-9-7-20(8-10-22)29-24-15-19(18-35-11-4-13-38-14-12-35)16-25(30-24)31-27-28-17-23(39-27)26-32-34-36(33-26)21-5-2-1-3-6-21/h1-3,5-6,15-17,20,22,37H,4,7-14,18H2,(H2,28,29,30,31)/t20-,22-. The lowest BCUT2D eigenvalue weighted by Crippen LogP contribution is -2.29. The number of hydrogen-bond acceptors (Lipinski definition) is 11. The van der Waals surface area contributed by atoms with Gasteiger partial charge in [-0.3, -0.25) is 4.90 Å². The highest BCUT2D eigenvalue weighted by atomic mass is 32.1. The van der Waals surface area contributed by atoms with Crippen LogP contribution < -0.4 is 10.6 Å². The van der Waals surface area contributed by atoms with Crippen LogP contribution in [0.1, 0.15) is 37.7 Å². The molecular weight excluding hydrogens is 514 g/mol. The number of anilines is 3. The van der Waals surface area contributed by atoms with Crippen molar-refractivity contribution in [3.8, 4) is 16.4 Å². The minimum Gasteiger partial charge on any atom is -0.393 e. The second-order valence-electron chi connectivity index (χ2n) is 10.0. The Morgan fingerprint density at radius 2 is 1.87 bits per heavy atom. The van der Waals surface area contributed by atoms with E-state index < -0.39 is 0 Å². The molecular formula is C27H33N9O2S. The lowest BCUT2D eigenvalue weighted by molar-refractivity contribution is 0.126. The largest absolute Gasteiger partial charge is 0.393 e. The van der Waals surface area contributed by atoms with Gasteiger partial charge in [0.2, 0.25) is 5.82 Å². The van der Waals surface area contributed by atoms with Gasteiger partial charge >= 0.3 is 0 Å². The van der Waals surface area contributed by atoms with E-state index in [-0.39, 0.29) is 6.10 Å². The number of benzene rings is 1. The molecule has 0 unspecified atom stereocenters. The average molecular weight is 548 g/mol. The molecule has 3 N–H and O–H groups in total. The van der Waals surface area contributed by atoms with Gasteiger partial charge in [-0.15, -0.1) is 15.0 Å². The Kier molecular flexibility index (Phi) is 8.05. The van der Waals surface area contributed by atoms with Crippen molar-refractivity contribution in [3.63, 3.8) is 0 Å². The number of para-hydroxylation sites is 1. The molecule has 11 nitrogen and oxygen atoms in total. The molecule has 0 spiro atoms. The van der Waals surface area contributed by atoms with Crippen LogP contribution in [0.5, 0.6) is 0 Å². The Balaban J connectivity index is 1.20. The summed E-state index contributed by atoms with van der Waals surface area (Å²) < 4.78 is 5.64. The van der Waals surface area contributed by atoms with E-state index in [1.165, 1.54) is 21.7 Å². The predicted octanol–water partition coefficient (Wildman–Crippen LogP) is 3.86. The van der Waals surface area contributed by atoms with Gasteiger partial charge in [0.25, 0.3) is 0 Å². The minimum atomic E-state index is -0.187. The molecule has 3 aromatic heterocycles. The van der Waals surface area contributed by atoms with E-state index in [0.717, 1.165) is 87.2 Å². The fourth-order valence-corrected chi connectivity index (χ4v) is 5.74. The van der Waals surface area contributed by atoms with Gasteiger partial charge in [-0.05, 0) is 67.1 Å². The van der Waals surface area contributed by atoms with Crippen LogP contribution in [-0.4, -0.2) is 78.6 Å². The number of nitrogens with zero attached hydrogens (tertiary/aromatic N) is 7. The number of aliphatic hydroxyl groups is 1. The van der Waals surface area contributed by atoms with Crippen molar-refractivity contribution >= 4 is 28.1 Å². The lowest BCUT2D eigenvalue weighted by Gasteiger charge is -2.27. The van der Waals surface area contributed by atoms with Crippen molar-refractivity contribution in [1.82, 2.24) is 35.1 Å². The Bertz CT molecular complexity index is 1350. The smallest absolute Gasteiger partial charge is 0.216 e. The van der Waals surface area contributed by atoms with Crippen molar-refractivity contribution < 1.29 is 9.84 Å². The van der Waals surface area contributed by atoms with E-state index in [2.05, 4.69) is 48.1 Å². The predicted molar refractivity (Wildman–Crippen MR) is 150 cm³/mol. The van der Waals surface area contributed by atoms with Crippen molar-refractivity contribution in [2.45, 2.75) is 50.8 Å². The zero-order valence-corrected chi connectivity index (χ0v) is 22.6. The van der Waals surface area contributed by atoms with E-state index >= 15 is 0 Å². The van der Waals surface area contributed by atoms with Crippen molar-refractivity contribution in [1.29, 1.82) is 0 Å². The topological polar surface area (TPSA) is 126 Å². The van der Waals surface area contributed by atoms with Gasteiger partial charge in [-0.25, -0.2) is 9.97 Å². The van der Waals surface area contributed by atoms with Gasteiger partial charge in [0.1, 0.15) is 11.6 Å². The highest BCUT2D eigenvalue weighted by Crippen LogP contribution is 2.30. The summed E-state index contributed by atoms with van der Waals surface area (Å²) in [6.45, 7) is 4.34. The second-order valence-corrected chi connectivity index (χ2v) is 11.1. The lowest BCUT2D eigenvalue weighted by atomic mass is 9.93. The fourth-order valence-electron chi connectivity index (χ4n) is 4.99. The fraction of sp³-hybridized carbons (Fsp3) is 0.444. The van der Waals surface area contributed by atoms with Gasteiger partial charge in [0.05, 0.1) is 29.5 Å². The number of ether oxygens (including phenoxy) is 1. The van der Waals surface area contributed by atoms with E-state index in [9.17, 15) is 5.11 Å². The minimum absolute atomic E-state index is 0.187. The third-order valence-electron chi connectivity index (χ3n) is 7.02. The SMILES string of the molecule is O[C@H]1CC[C@H](Nc2cc(CN3CCCOCC3)cc(Nc3ncc(-c4nnn(-c5ccccc5)n4)s3)n2)CC1. The summed E-state index contributed by atoms with van der Waals surface area (Å²) in [7, 11) is 0. The summed E-state index contributed by atoms with van der Waals surface area (Å²) in [4.78, 5) is 14.2. The molecule has 2 fully saturated rings. The molecule has 1 saturated heterocycles. The third kappa shape index (κ3) is 6.77. The van der Waals surface area contributed by atoms with Crippen LogP contribution >= 0.6 is 11.3 Å². The number of nitrogens with one attached hydrogen (secondary N) is 2. The molecule has 204 valence electrons. The number of pyridine rings is 1. The zero-order valence-electron chi connectivity index (χ0n) is 21.7. The number of hydrogen-bond donors (Lipinski definition) is 3. The first kappa shape index (κ1) is 25.8. The Morgan fingerprint density at radius 3 is 2.74 bits per heavy atom. The van der Waals surface area contributed by atoms with Gasteiger partial charge in [0, 0.05) is 32.3 Å². The summed E-state index contributed by atoms with van der Waals surface area (Å²) in [5, 5.41) is 30.6. The maximum atomic E-state index is 9.91. The number of thiazole rings is 1. The molecule has 0 radical (unpaired) electrons. The normalized spacial score (nSPS) is 20.4. The molecule has 6 rings (SSSR count). The molecule has 4 aromatic rings. The van der Waals surface area contributed by atoms with E-state index in [4.69, 9.17) is 9.72 Å². The molecule has 1 aliphatic heterocycles. The molecule has 2 aliphatic rings. The summed E-state index contributed by atoms with van der Waals surface area (Å²) in [5.41, 5.74) is 2.03. The number of rotatable bonds is 8. The van der Waals surface area contributed by atoms with Crippen LogP contribution in [0.3, 0.4) is 0 Å². The van der Waals surface area contributed by atoms with E-state index in [0.29, 0.717) is 17.0 Å². The van der Waals surface area contributed by atoms with Crippen LogP contribution in [0, 0.1) is 0 Å². The van der Waals surface area contributed by atoms with Crippen LogP contribution in [0.25, 0.3) is 16.4 Å². The quantitative estimate of drug-likeness (QED) is 0.299. The van der Waals surface area contributed by atoms with Gasteiger partial charge in [-0.1, -0.05) is 29.5 Å². The highest BCUT2D eigenvalue weighted by molar-refractivity contribution is 7.18. The van der Waals surface area contributed by atoms with Crippen molar-refractivity contribution in [2.24, 2.45) is 0 Å². The van der Waals surface area contributed by atoms with Crippen LogP contribution in [-0.2, 0) is 11.3 Å². The average Bonchev–Trinajstić information content (AvgIpc) is 3.55. The molecule has 0 bridgehead atoms. The molecule has 39 heavy (non-hydrogen) atoms. The van der Waals surface area contributed by atoms with Crippen LogP contribution in [0.4, 0.5) is 16.8 Å². The molecule has 1 saturated carbocycles. The van der Waals surface area contributed by atoms with Crippen molar-refractivity contribution in [3.05, 3.63) is 54.2 Å². The van der Waals surface area contributed by atoms with Gasteiger partial charge in [0.15, 0.2) is 5.13 Å². The van der Waals surface area contributed by atoms with E-state index in [1.54, 1.807) is 6.20 Å². The number of aliphatic hydroxyl groups excluding tert-OH is 1. The maximum Gasteiger partial charge on any atom is 0.216 e. The summed E-state index contributed by atoms with van der Waals surface area (Å²) >= 11 is 1.46. The molecule has 0 amide bonds. The van der Waals surface area contributed by atoms with Gasteiger partial charge < -0.3 is 20.5 Å². The first-order valence-corrected chi connectivity index (χ1v) is 14.3. The van der Waals surface area contributed by atoms with Gasteiger partial charge in [-0.2, -0.15) is 0 Å². The second kappa shape index (κ2) is 12.2. The third-order valence-corrected chi connectivity index (χ3v) is 7.93. The zero-order chi connectivity index (χ0) is 26.4. The first-order chi connectivity index (χ1) is 19.2. The molecule has 1 aliphatic carbocycles. The summed E-state index contributed by atoms with van der Waals surface area (Å²) in [6.07, 6.45) is 6.12. The van der Waals surface area contributed by atoms with Crippen molar-refractivity contribution in [2.75, 3.05) is 36.9 Å². The number of aromatic nitrogens is 6.